The van der Waals surface area contributed by atoms with E-state index in [1.807, 2.05) is 24.3 Å². The maximum Gasteiger partial charge on any atom is 0.235 e. The fraction of sp³-hybridized carbons (Fsp3) is 0.417. The van der Waals surface area contributed by atoms with E-state index in [2.05, 4.69) is 35.1 Å². The molecule has 3 nitrogen and oxygen atoms in total. The lowest BCUT2D eigenvalue weighted by molar-refractivity contribution is -0.113. The van der Waals surface area contributed by atoms with Crippen molar-refractivity contribution in [3.63, 3.8) is 0 Å². The van der Waals surface area contributed by atoms with Gasteiger partial charge in [0.25, 0.3) is 0 Å². The van der Waals surface area contributed by atoms with Gasteiger partial charge in [0.2, 0.25) is 5.91 Å². The van der Waals surface area contributed by atoms with Crippen molar-refractivity contribution in [3.05, 3.63) is 24.3 Å². The molecule has 0 aliphatic heterocycles. The van der Waals surface area contributed by atoms with Crippen LogP contribution in [0, 0.1) is 5.92 Å². The Bertz CT molecular complexity index is 335. The number of benzene rings is 1. The van der Waals surface area contributed by atoms with Crippen LogP contribution in [-0.2, 0) is 4.79 Å². The molecule has 1 amide bonds. The number of rotatable bonds is 5. The van der Waals surface area contributed by atoms with Crippen LogP contribution in [0.2, 0.25) is 0 Å². The first-order valence-electron chi connectivity index (χ1n) is 5.20. The maximum atomic E-state index is 11.1. The van der Waals surface area contributed by atoms with Crippen LogP contribution >= 0.6 is 15.9 Å². The fourth-order valence-corrected chi connectivity index (χ4v) is 1.23. The molecule has 0 atom stereocenters. The maximum absolute atomic E-state index is 11.1. The van der Waals surface area contributed by atoms with Gasteiger partial charge < -0.3 is 10.1 Å². The summed E-state index contributed by atoms with van der Waals surface area (Å²) < 4.78 is 5.53. The second-order valence-corrected chi connectivity index (χ2v) is 4.47. The second-order valence-electron chi connectivity index (χ2n) is 3.91. The molecule has 0 bridgehead atoms. The molecule has 0 fully saturated rings. The summed E-state index contributed by atoms with van der Waals surface area (Å²) in [4.78, 5) is 11.1. The standard InChI is InChI=1S/C12H16BrNO2/c1-9(2)8-16-11-5-3-10(4-6-11)14-12(15)7-13/h3-6,9H,7-8H2,1-2H3,(H,14,15). The van der Waals surface area contributed by atoms with Crippen LogP contribution < -0.4 is 10.1 Å². The van der Waals surface area contributed by atoms with E-state index in [1.165, 1.54) is 0 Å². The Balaban J connectivity index is 2.51. The van der Waals surface area contributed by atoms with Gasteiger partial charge in [-0.15, -0.1) is 0 Å². The molecular formula is C12H16BrNO2. The number of amides is 1. The van der Waals surface area contributed by atoms with Crippen LogP contribution in [0.25, 0.3) is 0 Å². The molecule has 0 aromatic heterocycles. The molecule has 0 saturated heterocycles. The van der Waals surface area contributed by atoms with E-state index in [0.29, 0.717) is 17.9 Å². The SMILES string of the molecule is CC(C)COc1ccc(NC(=O)CBr)cc1. The van der Waals surface area contributed by atoms with Gasteiger partial charge in [0, 0.05) is 5.69 Å². The van der Waals surface area contributed by atoms with Crippen molar-refractivity contribution in [2.45, 2.75) is 13.8 Å². The molecule has 88 valence electrons. The predicted molar refractivity (Wildman–Crippen MR) is 69.2 cm³/mol. The Hall–Kier alpha value is -1.03. The van der Waals surface area contributed by atoms with E-state index in [-0.39, 0.29) is 5.91 Å². The molecule has 1 N–H and O–H groups in total. The lowest BCUT2D eigenvalue weighted by Crippen LogP contribution is -2.12. The van der Waals surface area contributed by atoms with Crippen LogP contribution in [0.5, 0.6) is 5.75 Å². The van der Waals surface area contributed by atoms with Gasteiger partial charge in [0.1, 0.15) is 5.75 Å². The van der Waals surface area contributed by atoms with Gasteiger partial charge in [-0.05, 0) is 30.2 Å². The van der Waals surface area contributed by atoms with Crippen molar-refractivity contribution < 1.29 is 9.53 Å². The molecule has 0 unspecified atom stereocenters. The van der Waals surface area contributed by atoms with E-state index < -0.39 is 0 Å². The summed E-state index contributed by atoms with van der Waals surface area (Å²) in [6, 6.07) is 7.37. The first-order chi connectivity index (χ1) is 7.61. The first kappa shape index (κ1) is 13.0. The molecule has 0 radical (unpaired) electrons. The number of carbonyl (C=O) groups is 1. The minimum absolute atomic E-state index is 0.0594. The highest BCUT2D eigenvalue weighted by molar-refractivity contribution is 9.09. The van der Waals surface area contributed by atoms with E-state index in [4.69, 9.17) is 4.74 Å². The minimum atomic E-state index is -0.0594. The Labute approximate surface area is 104 Å². The molecule has 0 spiro atoms. The van der Waals surface area contributed by atoms with Gasteiger partial charge >= 0.3 is 0 Å². The van der Waals surface area contributed by atoms with Gasteiger partial charge in [-0.25, -0.2) is 0 Å². The molecule has 16 heavy (non-hydrogen) atoms. The van der Waals surface area contributed by atoms with Gasteiger partial charge in [-0.1, -0.05) is 29.8 Å². The zero-order chi connectivity index (χ0) is 12.0. The molecule has 0 saturated carbocycles. The topological polar surface area (TPSA) is 38.3 Å². The molecule has 1 aromatic carbocycles. The highest BCUT2D eigenvalue weighted by Gasteiger charge is 2.00. The highest BCUT2D eigenvalue weighted by Crippen LogP contribution is 2.16. The summed E-state index contributed by atoms with van der Waals surface area (Å²) in [5.41, 5.74) is 0.779. The summed E-state index contributed by atoms with van der Waals surface area (Å²) in [6.07, 6.45) is 0. The quantitative estimate of drug-likeness (QED) is 0.845. The highest BCUT2D eigenvalue weighted by atomic mass is 79.9. The smallest absolute Gasteiger partial charge is 0.235 e. The van der Waals surface area contributed by atoms with Gasteiger partial charge in [-0.3, -0.25) is 4.79 Å². The molecule has 1 rings (SSSR count). The minimum Gasteiger partial charge on any atom is -0.493 e. The Morgan fingerprint density at radius 2 is 2.00 bits per heavy atom. The summed E-state index contributed by atoms with van der Waals surface area (Å²) in [5.74, 6) is 1.27. The van der Waals surface area contributed by atoms with Crippen LogP contribution in [0.1, 0.15) is 13.8 Å². The van der Waals surface area contributed by atoms with Crippen molar-refractivity contribution in [1.29, 1.82) is 0 Å². The van der Waals surface area contributed by atoms with Crippen molar-refractivity contribution in [2.75, 3.05) is 17.3 Å². The molecule has 0 heterocycles. The number of hydrogen-bond acceptors (Lipinski definition) is 2. The normalized spacial score (nSPS) is 10.2. The predicted octanol–water partition coefficient (Wildman–Crippen LogP) is 3.05. The summed E-state index contributed by atoms with van der Waals surface area (Å²) >= 11 is 3.09. The number of nitrogens with one attached hydrogen (secondary N) is 1. The average molecular weight is 286 g/mol. The Kier molecular flexibility index (Phi) is 5.32. The molecule has 1 aromatic rings. The molecule has 4 heteroatoms. The lowest BCUT2D eigenvalue weighted by atomic mass is 10.2. The van der Waals surface area contributed by atoms with Crippen molar-refractivity contribution in [2.24, 2.45) is 5.92 Å². The number of hydrogen-bond donors (Lipinski definition) is 1. The van der Waals surface area contributed by atoms with Gasteiger partial charge in [-0.2, -0.15) is 0 Å². The molecular weight excluding hydrogens is 270 g/mol. The Morgan fingerprint density at radius 3 is 2.50 bits per heavy atom. The van der Waals surface area contributed by atoms with Gasteiger partial charge in [0.05, 0.1) is 11.9 Å². The van der Waals surface area contributed by atoms with E-state index >= 15 is 0 Å². The zero-order valence-corrected chi connectivity index (χ0v) is 11.1. The fourth-order valence-electron chi connectivity index (χ4n) is 1.09. The second kappa shape index (κ2) is 6.53. The van der Waals surface area contributed by atoms with Crippen LogP contribution in [-0.4, -0.2) is 17.8 Å². The largest absolute Gasteiger partial charge is 0.493 e. The van der Waals surface area contributed by atoms with Crippen molar-refractivity contribution in [3.8, 4) is 5.75 Å². The number of anilines is 1. The number of alkyl halides is 1. The summed E-state index contributed by atoms with van der Waals surface area (Å²) in [5, 5.41) is 3.05. The van der Waals surface area contributed by atoms with Crippen molar-refractivity contribution >= 4 is 27.5 Å². The Morgan fingerprint density at radius 1 is 1.38 bits per heavy atom. The van der Waals surface area contributed by atoms with Crippen molar-refractivity contribution in [1.82, 2.24) is 0 Å². The summed E-state index contributed by atoms with van der Waals surface area (Å²) in [7, 11) is 0. The number of halogens is 1. The van der Waals surface area contributed by atoms with Crippen LogP contribution in [0.15, 0.2) is 24.3 Å². The third-order valence-corrected chi connectivity index (χ3v) is 2.35. The number of carbonyl (C=O) groups excluding carboxylic acids is 1. The van der Waals surface area contributed by atoms with Gasteiger partial charge in [0.15, 0.2) is 0 Å². The zero-order valence-electron chi connectivity index (χ0n) is 9.50. The third-order valence-electron chi connectivity index (χ3n) is 1.84. The van der Waals surface area contributed by atoms with E-state index in [9.17, 15) is 4.79 Å². The van der Waals surface area contributed by atoms with Crippen LogP contribution in [0.3, 0.4) is 0 Å². The molecule has 0 aliphatic carbocycles. The van der Waals surface area contributed by atoms with Crippen LogP contribution in [0.4, 0.5) is 5.69 Å². The monoisotopic (exact) mass is 285 g/mol. The third kappa shape index (κ3) is 4.66. The van der Waals surface area contributed by atoms with E-state index in [1.54, 1.807) is 0 Å². The number of ether oxygens (including phenoxy) is 1. The van der Waals surface area contributed by atoms with E-state index in [0.717, 1.165) is 11.4 Å². The lowest BCUT2D eigenvalue weighted by Gasteiger charge is -2.09. The summed E-state index contributed by atoms with van der Waals surface area (Å²) in [6.45, 7) is 4.91. The average Bonchev–Trinajstić information content (AvgIpc) is 2.28. The first-order valence-corrected chi connectivity index (χ1v) is 6.32. The molecule has 0 aliphatic rings.